The van der Waals surface area contributed by atoms with Crippen LogP contribution in [0.15, 0.2) is 24.3 Å². The zero-order valence-corrected chi connectivity index (χ0v) is 14.7. The Kier molecular flexibility index (Phi) is 4.06. The van der Waals surface area contributed by atoms with Gasteiger partial charge in [0.15, 0.2) is 0 Å². The Labute approximate surface area is 146 Å². The quantitative estimate of drug-likeness (QED) is 0.912. The fourth-order valence-electron chi connectivity index (χ4n) is 3.45. The van der Waals surface area contributed by atoms with E-state index in [4.69, 9.17) is 10.5 Å². The number of likely N-dealkylation sites (tertiary alicyclic amines) is 1. The van der Waals surface area contributed by atoms with E-state index < -0.39 is 0 Å². The molecule has 0 saturated carbocycles. The van der Waals surface area contributed by atoms with Crippen LogP contribution in [-0.4, -0.2) is 36.5 Å². The first-order chi connectivity index (χ1) is 11.6. The number of hydrogen-bond acceptors (Lipinski definition) is 4. The molecule has 0 radical (unpaired) electrons. The molecule has 4 nitrogen and oxygen atoms in total. The van der Waals surface area contributed by atoms with Gasteiger partial charge in [-0.25, -0.2) is 0 Å². The molecule has 0 aliphatic carbocycles. The van der Waals surface area contributed by atoms with Gasteiger partial charge in [0.25, 0.3) is 5.91 Å². The van der Waals surface area contributed by atoms with E-state index >= 15 is 0 Å². The van der Waals surface area contributed by atoms with E-state index in [1.807, 2.05) is 11.8 Å². The highest BCUT2D eigenvalue weighted by molar-refractivity contribution is 7.17. The number of thiophene rings is 1. The average molecular weight is 342 g/mol. The van der Waals surface area contributed by atoms with Crippen molar-refractivity contribution in [1.29, 1.82) is 0 Å². The van der Waals surface area contributed by atoms with E-state index in [1.165, 1.54) is 5.56 Å². The maximum absolute atomic E-state index is 12.7. The van der Waals surface area contributed by atoms with Crippen molar-refractivity contribution in [3.63, 3.8) is 0 Å². The standard InChI is InChI=1S/C19H22N2O2S/c1-12-9-17(14-5-4-13-3-2-8-23-16(13)10-14)24-18(12)19(22)21-7-6-15(20)11-21/h4-5,9-10,15H,2-3,6-8,11,20H2,1H3/t15-/m0/s1. The van der Waals surface area contributed by atoms with Crippen molar-refractivity contribution in [1.82, 2.24) is 4.90 Å². The molecule has 1 aromatic heterocycles. The average Bonchev–Trinajstić information content (AvgIpc) is 3.20. The normalized spacial score (nSPS) is 19.9. The summed E-state index contributed by atoms with van der Waals surface area (Å²) in [5.74, 6) is 1.11. The number of aryl methyl sites for hydroxylation is 2. The van der Waals surface area contributed by atoms with E-state index in [9.17, 15) is 4.79 Å². The lowest BCUT2D eigenvalue weighted by Crippen LogP contribution is -2.31. The molecule has 1 amide bonds. The molecule has 1 atom stereocenters. The molecule has 2 aliphatic rings. The van der Waals surface area contributed by atoms with E-state index in [2.05, 4.69) is 24.3 Å². The molecule has 0 bridgehead atoms. The predicted octanol–water partition coefficient (Wildman–Crippen LogP) is 3.22. The summed E-state index contributed by atoms with van der Waals surface area (Å²) in [4.78, 5) is 16.6. The number of ether oxygens (including phenoxy) is 1. The Hall–Kier alpha value is -1.85. The zero-order chi connectivity index (χ0) is 16.7. The first-order valence-electron chi connectivity index (χ1n) is 8.53. The Morgan fingerprint density at radius 1 is 1.38 bits per heavy atom. The highest BCUT2D eigenvalue weighted by Crippen LogP contribution is 2.36. The Morgan fingerprint density at radius 2 is 2.25 bits per heavy atom. The predicted molar refractivity (Wildman–Crippen MR) is 96.8 cm³/mol. The van der Waals surface area contributed by atoms with Gasteiger partial charge in [-0.1, -0.05) is 12.1 Å². The molecule has 2 aromatic rings. The van der Waals surface area contributed by atoms with Gasteiger partial charge < -0.3 is 15.4 Å². The molecule has 0 unspecified atom stereocenters. The molecule has 2 aliphatic heterocycles. The van der Waals surface area contributed by atoms with Gasteiger partial charge in [0, 0.05) is 24.0 Å². The van der Waals surface area contributed by atoms with Gasteiger partial charge in [0.05, 0.1) is 11.5 Å². The van der Waals surface area contributed by atoms with Crippen LogP contribution in [0.2, 0.25) is 0 Å². The van der Waals surface area contributed by atoms with E-state index in [0.29, 0.717) is 6.54 Å². The maximum atomic E-state index is 12.7. The summed E-state index contributed by atoms with van der Waals surface area (Å²) in [7, 11) is 0. The zero-order valence-electron chi connectivity index (χ0n) is 13.9. The first kappa shape index (κ1) is 15.7. The molecular formula is C19H22N2O2S. The fraction of sp³-hybridized carbons (Fsp3) is 0.421. The molecule has 1 fully saturated rings. The number of hydrogen-bond donors (Lipinski definition) is 1. The van der Waals surface area contributed by atoms with Crippen LogP contribution in [0.5, 0.6) is 5.75 Å². The summed E-state index contributed by atoms with van der Waals surface area (Å²) in [6, 6.07) is 8.63. The van der Waals surface area contributed by atoms with Crippen molar-refractivity contribution in [2.24, 2.45) is 5.73 Å². The van der Waals surface area contributed by atoms with Gasteiger partial charge in [0.2, 0.25) is 0 Å². The van der Waals surface area contributed by atoms with Crippen molar-refractivity contribution < 1.29 is 9.53 Å². The molecule has 4 rings (SSSR count). The third kappa shape index (κ3) is 2.82. The van der Waals surface area contributed by atoms with E-state index in [1.54, 1.807) is 11.3 Å². The second-order valence-electron chi connectivity index (χ2n) is 6.70. The lowest BCUT2D eigenvalue weighted by atomic mass is 10.0. The van der Waals surface area contributed by atoms with Gasteiger partial charge in [-0.15, -0.1) is 11.3 Å². The van der Waals surface area contributed by atoms with E-state index in [0.717, 1.165) is 59.0 Å². The maximum Gasteiger partial charge on any atom is 0.264 e. The van der Waals surface area contributed by atoms with Crippen LogP contribution < -0.4 is 10.5 Å². The Morgan fingerprint density at radius 3 is 3.04 bits per heavy atom. The molecule has 0 spiro atoms. The molecule has 126 valence electrons. The van der Waals surface area contributed by atoms with Gasteiger partial charge in [-0.2, -0.15) is 0 Å². The van der Waals surface area contributed by atoms with Crippen molar-refractivity contribution in [3.05, 3.63) is 40.3 Å². The lowest BCUT2D eigenvalue weighted by Gasteiger charge is -2.17. The second-order valence-corrected chi connectivity index (χ2v) is 7.75. The van der Waals surface area contributed by atoms with Crippen molar-refractivity contribution >= 4 is 17.2 Å². The molecule has 5 heteroatoms. The number of carbonyl (C=O) groups excluding carboxylic acids is 1. The van der Waals surface area contributed by atoms with Gasteiger partial charge in [-0.05, 0) is 55.0 Å². The number of carbonyl (C=O) groups is 1. The minimum Gasteiger partial charge on any atom is -0.493 e. The summed E-state index contributed by atoms with van der Waals surface area (Å²) in [6.07, 6.45) is 3.06. The molecular weight excluding hydrogens is 320 g/mol. The number of nitrogens with zero attached hydrogens (tertiary/aromatic N) is 1. The van der Waals surface area contributed by atoms with Crippen molar-refractivity contribution in [3.8, 4) is 16.2 Å². The lowest BCUT2D eigenvalue weighted by molar-refractivity contribution is 0.0795. The fourth-order valence-corrected chi connectivity index (χ4v) is 4.58. The molecule has 1 saturated heterocycles. The van der Waals surface area contributed by atoms with Crippen LogP contribution in [0.4, 0.5) is 0 Å². The summed E-state index contributed by atoms with van der Waals surface area (Å²) in [5.41, 5.74) is 9.38. The number of rotatable bonds is 2. The minimum absolute atomic E-state index is 0.117. The SMILES string of the molecule is Cc1cc(-c2ccc3c(c2)OCCC3)sc1C(=O)N1CC[C@H](N)C1. The number of fused-ring (bicyclic) bond motifs is 1. The number of benzene rings is 1. The monoisotopic (exact) mass is 342 g/mol. The molecule has 3 heterocycles. The Bertz CT molecular complexity index is 784. The smallest absolute Gasteiger partial charge is 0.264 e. The molecule has 24 heavy (non-hydrogen) atoms. The highest BCUT2D eigenvalue weighted by Gasteiger charge is 2.27. The van der Waals surface area contributed by atoms with Crippen LogP contribution in [0.3, 0.4) is 0 Å². The second kappa shape index (κ2) is 6.22. The largest absolute Gasteiger partial charge is 0.493 e. The van der Waals surface area contributed by atoms with Crippen molar-refractivity contribution in [2.45, 2.75) is 32.2 Å². The van der Waals surface area contributed by atoms with Gasteiger partial charge in [0.1, 0.15) is 5.75 Å². The summed E-state index contributed by atoms with van der Waals surface area (Å²) < 4.78 is 5.78. The number of amides is 1. The van der Waals surface area contributed by atoms with Gasteiger partial charge >= 0.3 is 0 Å². The topological polar surface area (TPSA) is 55.6 Å². The van der Waals surface area contributed by atoms with Crippen LogP contribution in [0, 0.1) is 6.92 Å². The summed E-state index contributed by atoms with van der Waals surface area (Å²) in [5, 5.41) is 0. The van der Waals surface area contributed by atoms with Crippen LogP contribution in [0.1, 0.15) is 33.6 Å². The minimum atomic E-state index is 0.117. The van der Waals surface area contributed by atoms with Crippen LogP contribution >= 0.6 is 11.3 Å². The third-order valence-corrected chi connectivity index (χ3v) is 6.10. The molecule has 1 aromatic carbocycles. The Balaban J connectivity index is 1.62. The van der Waals surface area contributed by atoms with Crippen molar-refractivity contribution in [2.75, 3.05) is 19.7 Å². The number of nitrogens with two attached hydrogens (primary N) is 1. The van der Waals surface area contributed by atoms with E-state index in [-0.39, 0.29) is 11.9 Å². The first-order valence-corrected chi connectivity index (χ1v) is 9.35. The molecule has 2 N–H and O–H groups in total. The highest BCUT2D eigenvalue weighted by atomic mass is 32.1. The third-order valence-electron chi connectivity index (χ3n) is 4.82. The summed E-state index contributed by atoms with van der Waals surface area (Å²) >= 11 is 1.57. The van der Waals surface area contributed by atoms with Gasteiger partial charge in [-0.3, -0.25) is 4.79 Å². The van der Waals surface area contributed by atoms with Crippen LogP contribution in [-0.2, 0) is 6.42 Å². The van der Waals surface area contributed by atoms with Crippen LogP contribution in [0.25, 0.3) is 10.4 Å². The summed E-state index contributed by atoms with van der Waals surface area (Å²) in [6.45, 7) is 4.23.